The third kappa shape index (κ3) is 15.7. The molecule has 160 valence electrons. The zero-order valence-corrected chi connectivity index (χ0v) is 18.7. The smallest absolute Gasteiger partial charge is 0.222 e. The fourth-order valence-electron chi connectivity index (χ4n) is 3.28. The second kappa shape index (κ2) is 18.3. The molecule has 0 rings (SSSR count). The van der Waals surface area contributed by atoms with Gasteiger partial charge in [0.15, 0.2) is 0 Å². The monoisotopic (exact) mass is 382 g/mol. The molecule has 0 saturated carbocycles. The number of carbonyl (C=O) groups is 2. The Kier molecular flexibility index (Phi) is 17.6. The van der Waals surface area contributed by atoms with E-state index in [1.807, 2.05) is 23.9 Å². The Bertz CT molecular complexity index is 337. The average molecular weight is 383 g/mol. The van der Waals surface area contributed by atoms with Gasteiger partial charge in [-0.15, -0.1) is 0 Å². The van der Waals surface area contributed by atoms with Crippen LogP contribution in [0.4, 0.5) is 0 Å². The second-order valence-electron chi connectivity index (χ2n) is 8.02. The summed E-state index contributed by atoms with van der Waals surface area (Å²) in [6.07, 6.45) is 16.6. The van der Waals surface area contributed by atoms with Crippen molar-refractivity contribution in [3.63, 3.8) is 0 Å². The molecule has 0 N–H and O–H groups in total. The second-order valence-corrected chi connectivity index (χ2v) is 8.02. The van der Waals surface area contributed by atoms with Crippen LogP contribution in [-0.2, 0) is 9.59 Å². The highest BCUT2D eigenvalue weighted by molar-refractivity contribution is 5.78. The maximum atomic E-state index is 12.2. The lowest BCUT2D eigenvalue weighted by Crippen LogP contribution is -2.29. The third-order valence-electron chi connectivity index (χ3n) is 5.33. The normalized spacial score (nSPS) is 10.8. The van der Waals surface area contributed by atoms with Gasteiger partial charge in [-0.1, -0.05) is 78.1 Å². The maximum Gasteiger partial charge on any atom is 0.222 e. The average Bonchev–Trinajstić information content (AvgIpc) is 2.66. The molecule has 0 aliphatic carbocycles. The van der Waals surface area contributed by atoms with Crippen molar-refractivity contribution in [1.82, 2.24) is 9.80 Å². The molecule has 0 aromatic carbocycles. The standard InChI is InChI=1S/C23H46N2O2/c1-5-7-9-11-13-15-20-24(3)22(26)18-17-19-23(27)25(4)21-16-14-12-10-8-6-2/h5-21H2,1-4H3. The van der Waals surface area contributed by atoms with E-state index < -0.39 is 0 Å². The van der Waals surface area contributed by atoms with Crippen LogP contribution in [-0.4, -0.2) is 48.8 Å². The zero-order valence-electron chi connectivity index (χ0n) is 18.7. The van der Waals surface area contributed by atoms with Gasteiger partial charge in [-0.25, -0.2) is 0 Å². The van der Waals surface area contributed by atoms with Gasteiger partial charge in [-0.3, -0.25) is 9.59 Å². The highest BCUT2D eigenvalue weighted by Gasteiger charge is 2.12. The van der Waals surface area contributed by atoms with Crippen molar-refractivity contribution in [2.24, 2.45) is 0 Å². The molecule has 0 aromatic rings. The molecule has 0 radical (unpaired) electrons. The molecule has 27 heavy (non-hydrogen) atoms. The molecule has 0 spiro atoms. The van der Waals surface area contributed by atoms with Gasteiger partial charge in [-0.2, -0.15) is 0 Å². The van der Waals surface area contributed by atoms with E-state index in [-0.39, 0.29) is 11.8 Å². The zero-order chi connectivity index (χ0) is 20.3. The van der Waals surface area contributed by atoms with Gasteiger partial charge in [0.2, 0.25) is 11.8 Å². The number of carbonyl (C=O) groups excluding carboxylic acids is 2. The van der Waals surface area contributed by atoms with Crippen LogP contribution in [0.2, 0.25) is 0 Å². The largest absolute Gasteiger partial charge is 0.346 e. The molecule has 0 aliphatic heterocycles. The summed E-state index contributed by atoms with van der Waals surface area (Å²) in [5, 5.41) is 0. The number of unbranched alkanes of at least 4 members (excludes halogenated alkanes) is 10. The molecular formula is C23H46N2O2. The van der Waals surface area contributed by atoms with Crippen molar-refractivity contribution >= 4 is 11.8 Å². The minimum absolute atomic E-state index is 0.176. The Balaban J connectivity index is 3.68. The number of hydrogen-bond acceptors (Lipinski definition) is 2. The highest BCUT2D eigenvalue weighted by Crippen LogP contribution is 2.09. The van der Waals surface area contributed by atoms with E-state index >= 15 is 0 Å². The van der Waals surface area contributed by atoms with E-state index in [2.05, 4.69) is 13.8 Å². The first-order chi connectivity index (χ1) is 13.0. The molecule has 0 fully saturated rings. The SMILES string of the molecule is CCCCCCCCN(C)C(=O)CCCC(=O)N(C)CCCCCCCC. The minimum atomic E-state index is 0.176. The Morgan fingerprint density at radius 2 is 0.852 bits per heavy atom. The Morgan fingerprint density at radius 3 is 1.22 bits per heavy atom. The summed E-state index contributed by atoms with van der Waals surface area (Å²) >= 11 is 0. The van der Waals surface area contributed by atoms with Crippen LogP contribution in [0.1, 0.15) is 110 Å². The first-order valence-corrected chi connectivity index (χ1v) is 11.5. The summed E-state index contributed by atoms with van der Waals surface area (Å²) in [5.74, 6) is 0.352. The van der Waals surface area contributed by atoms with E-state index in [4.69, 9.17) is 0 Å². The summed E-state index contributed by atoms with van der Waals surface area (Å²) in [4.78, 5) is 28.0. The van der Waals surface area contributed by atoms with E-state index in [1.54, 1.807) is 0 Å². The molecule has 0 bridgehead atoms. The predicted molar refractivity (Wildman–Crippen MR) is 116 cm³/mol. The fourth-order valence-corrected chi connectivity index (χ4v) is 3.28. The van der Waals surface area contributed by atoms with E-state index in [9.17, 15) is 9.59 Å². The van der Waals surface area contributed by atoms with Gasteiger partial charge in [0.1, 0.15) is 0 Å². The van der Waals surface area contributed by atoms with Crippen molar-refractivity contribution in [3.05, 3.63) is 0 Å². The fraction of sp³-hybridized carbons (Fsp3) is 0.913. The van der Waals surface area contributed by atoms with E-state index in [0.717, 1.165) is 25.9 Å². The molecular weight excluding hydrogens is 336 g/mol. The van der Waals surface area contributed by atoms with E-state index in [1.165, 1.54) is 64.2 Å². The van der Waals surface area contributed by atoms with Crippen LogP contribution in [0, 0.1) is 0 Å². The Hall–Kier alpha value is -1.06. The van der Waals surface area contributed by atoms with Crippen molar-refractivity contribution in [2.75, 3.05) is 27.2 Å². The Morgan fingerprint density at radius 1 is 0.519 bits per heavy atom. The molecule has 0 aromatic heterocycles. The lowest BCUT2D eigenvalue weighted by Gasteiger charge is -2.19. The van der Waals surface area contributed by atoms with Crippen LogP contribution in [0.25, 0.3) is 0 Å². The summed E-state index contributed by atoms with van der Waals surface area (Å²) in [6.45, 7) is 6.14. The number of nitrogens with zero attached hydrogens (tertiary/aromatic N) is 2. The maximum absolute atomic E-state index is 12.2. The summed E-state index contributed by atoms with van der Waals surface area (Å²) in [5.41, 5.74) is 0. The van der Waals surface area contributed by atoms with Gasteiger partial charge >= 0.3 is 0 Å². The quantitative estimate of drug-likeness (QED) is 0.281. The van der Waals surface area contributed by atoms with Gasteiger partial charge in [0.05, 0.1) is 0 Å². The van der Waals surface area contributed by atoms with Crippen molar-refractivity contribution in [3.8, 4) is 0 Å². The molecule has 0 unspecified atom stereocenters. The van der Waals surface area contributed by atoms with Gasteiger partial charge in [0, 0.05) is 40.0 Å². The number of hydrogen-bond donors (Lipinski definition) is 0. The van der Waals surface area contributed by atoms with Crippen molar-refractivity contribution in [2.45, 2.75) is 110 Å². The lowest BCUT2D eigenvalue weighted by molar-refractivity contribution is -0.131. The first kappa shape index (κ1) is 25.9. The van der Waals surface area contributed by atoms with Crippen molar-refractivity contribution < 1.29 is 9.59 Å². The molecule has 4 heteroatoms. The van der Waals surface area contributed by atoms with Crippen LogP contribution in [0.5, 0.6) is 0 Å². The number of rotatable bonds is 18. The van der Waals surface area contributed by atoms with Gasteiger partial charge < -0.3 is 9.80 Å². The van der Waals surface area contributed by atoms with Gasteiger partial charge in [-0.05, 0) is 19.3 Å². The van der Waals surface area contributed by atoms with Crippen LogP contribution < -0.4 is 0 Å². The number of amides is 2. The molecule has 0 saturated heterocycles. The predicted octanol–water partition coefficient (Wildman–Crippen LogP) is 5.79. The molecule has 2 amide bonds. The van der Waals surface area contributed by atoms with Crippen LogP contribution >= 0.6 is 0 Å². The third-order valence-corrected chi connectivity index (χ3v) is 5.33. The van der Waals surface area contributed by atoms with E-state index in [0.29, 0.717) is 19.3 Å². The highest BCUT2D eigenvalue weighted by atomic mass is 16.2. The minimum Gasteiger partial charge on any atom is -0.346 e. The lowest BCUT2D eigenvalue weighted by atomic mass is 10.1. The van der Waals surface area contributed by atoms with Crippen LogP contribution in [0.15, 0.2) is 0 Å². The summed E-state index contributed by atoms with van der Waals surface area (Å²) in [6, 6.07) is 0. The van der Waals surface area contributed by atoms with Gasteiger partial charge in [0.25, 0.3) is 0 Å². The molecule has 0 heterocycles. The summed E-state index contributed by atoms with van der Waals surface area (Å²) < 4.78 is 0. The molecule has 4 nitrogen and oxygen atoms in total. The van der Waals surface area contributed by atoms with Crippen molar-refractivity contribution in [1.29, 1.82) is 0 Å². The van der Waals surface area contributed by atoms with Crippen LogP contribution in [0.3, 0.4) is 0 Å². The Labute approximate surface area is 169 Å². The molecule has 0 atom stereocenters. The first-order valence-electron chi connectivity index (χ1n) is 11.5. The summed E-state index contributed by atoms with van der Waals surface area (Å²) in [7, 11) is 3.78. The molecule has 0 aliphatic rings. The topological polar surface area (TPSA) is 40.6 Å².